The average Bonchev–Trinajstić information content (AvgIpc) is 2.92. The predicted molar refractivity (Wildman–Crippen MR) is 120 cm³/mol. The summed E-state index contributed by atoms with van der Waals surface area (Å²) in [5.74, 6) is 0.767. The molecule has 0 bridgehead atoms. The first-order valence-corrected chi connectivity index (χ1v) is 9.56. The molecule has 164 valence electrons. The Kier molecular flexibility index (Phi) is 8.34. The number of halogens is 2. The number of piperidine rings is 1. The largest absolute Gasteiger partial charge is 0.479 e. The molecule has 1 saturated heterocycles. The van der Waals surface area contributed by atoms with Gasteiger partial charge < -0.3 is 15.4 Å². The fraction of sp³-hybridized carbons (Fsp3) is 0.650. The summed E-state index contributed by atoms with van der Waals surface area (Å²) in [6.45, 7) is 9.79. The number of carbonyl (C=O) groups is 1. The number of nitrogens with zero attached hydrogens (tertiary/aromatic N) is 4. The van der Waals surface area contributed by atoms with Gasteiger partial charge in [-0.3, -0.25) is 4.79 Å². The third-order valence-corrected chi connectivity index (χ3v) is 5.97. The Morgan fingerprint density at radius 2 is 1.97 bits per heavy atom. The first-order valence-electron chi connectivity index (χ1n) is 9.56. The van der Waals surface area contributed by atoms with Crippen molar-refractivity contribution in [1.29, 1.82) is 0 Å². The molecule has 1 aliphatic heterocycles. The number of amides is 1. The smallest absolute Gasteiger partial charge is 0.242 e. The molecule has 1 aliphatic rings. The van der Waals surface area contributed by atoms with Gasteiger partial charge in [0, 0.05) is 38.3 Å². The van der Waals surface area contributed by atoms with E-state index in [0.717, 1.165) is 47.4 Å². The zero-order valence-electron chi connectivity index (χ0n) is 18.1. The lowest BCUT2D eigenvalue weighted by Crippen LogP contribution is -2.54. The molecule has 0 saturated carbocycles. The number of aryl methyl sites for hydroxylation is 3. The van der Waals surface area contributed by atoms with Crippen LogP contribution in [-0.4, -0.2) is 51.8 Å². The van der Waals surface area contributed by atoms with E-state index in [9.17, 15) is 4.79 Å². The highest BCUT2D eigenvalue weighted by Gasteiger charge is 2.35. The van der Waals surface area contributed by atoms with Crippen molar-refractivity contribution in [3.05, 3.63) is 16.8 Å². The molecule has 1 fully saturated rings. The highest BCUT2D eigenvalue weighted by atomic mass is 35.5. The van der Waals surface area contributed by atoms with E-state index >= 15 is 0 Å². The highest BCUT2D eigenvalue weighted by Crippen LogP contribution is 2.31. The van der Waals surface area contributed by atoms with Gasteiger partial charge in [-0.1, -0.05) is 13.8 Å². The molecule has 0 aromatic carbocycles. The molecule has 0 radical (unpaired) electrons. The second kappa shape index (κ2) is 9.49. The maximum absolute atomic E-state index is 12.8. The van der Waals surface area contributed by atoms with Crippen molar-refractivity contribution in [2.75, 3.05) is 20.2 Å². The molecule has 7 nitrogen and oxygen atoms in total. The quantitative estimate of drug-likeness (QED) is 0.781. The van der Waals surface area contributed by atoms with Crippen molar-refractivity contribution in [3.63, 3.8) is 0 Å². The lowest BCUT2D eigenvalue weighted by atomic mass is 9.79. The number of nitrogens with two attached hydrogens (primary N) is 1. The summed E-state index contributed by atoms with van der Waals surface area (Å²) >= 11 is 0. The van der Waals surface area contributed by atoms with Crippen molar-refractivity contribution >= 4 is 41.8 Å². The van der Waals surface area contributed by atoms with Crippen LogP contribution in [0.3, 0.4) is 0 Å². The Balaban J connectivity index is 0.00000210. The standard InChI is InChI=1S/C20H31N5O2.2ClH/c1-12-14(13(2)22-18-17(12)19(27-6)23-24(18)5)7-8-16(26)25-10-9-15(21)20(3,4)11-25;;/h15H,7-11,21H2,1-6H3;2*1H. The Hall–Kier alpha value is -1.57. The monoisotopic (exact) mass is 445 g/mol. The van der Waals surface area contributed by atoms with E-state index in [4.69, 9.17) is 15.5 Å². The maximum atomic E-state index is 12.8. The predicted octanol–water partition coefficient (Wildman–Crippen LogP) is 2.96. The van der Waals surface area contributed by atoms with Crippen LogP contribution in [0.5, 0.6) is 5.88 Å². The maximum Gasteiger partial charge on any atom is 0.242 e. The second-order valence-electron chi connectivity index (χ2n) is 8.33. The SMILES string of the molecule is COc1nn(C)c2nc(C)c(CCC(=O)N3CCC(N)C(C)(C)C3)c(C)c12.Cl.Cl. The number of carbonyl (C=O) groups excluding carboxylic acids is 1. The number of ether oxygens (including phenoxy) is 1. The van der Waals surface area contributed by atoms with Crippen LogP contribution >= 0.6 is 24.8 Å². The second-order valence-corrected chi connectivity index (χ2v) is 8.33. The fourth-order valence-electron chi connectivity index (χ4n) is 4.08. The number of rotatable bonds is 4. The van der Waals surface area contributed by atoms with Crippen LogP contribution < -0.4 is 10.5 Å². The summed E-state index contributed by atoms with van der Waals surface area (Å²) in [4.78, 5) is 19.5. The average molecular weight is 446 g/mol. The third kappa shape index (κ3) is 4.78. The van der Waals surface area contributed by atoms with E-state index in [1.807, 2.05) is 18.9 Å². The molecule has 9 heteroatoms. The minimum Gasteiger partial charge on any atom is -0.479 e. The zero-order valence-corrected chi connectivity index (χ0v) is 19.7. The lowest BCUT2D eigenvalue weighted by Gasteiger charge is -2.42. The van der Waals surface area contributed by atoms with Crippen molar-refractivity contribution in [3.8, 4) is 5.88 Å². The van der Waals surface area contributed by atoms with Crippen LogP contribution in [0, 0.1) is 19.3 Å². The molecule has 0 aliphatic carbocycles. The van der Waals surface area contributed by atoms with Crippen LogP contribution in [-0.2, 0) is 18.3 Å². The summed E-state index contributed by atoms with van der Waals surface area (Å²) in [6.07, 6.45) is 2.00. The number of likely N-dealkylation sites (tertiary alicyclic amines) is 1. The van der Waals surface area contributed by atoms with E-state index in [1.165, 1.54) is 0 Å². The van der Waals surface area contributed by atoms with Gasteiger partial charge in [-0.15, -0.1) is 29.9 Å². The van der Waals surface area contributed by atoms with Gasteiger partial charge >= 0.3 is 0 Å². The molecular formula is C20H33Cl2N5O2. The van der Waals surface area contributed by atoms with Crippen molar-refractivity contribution in [2.24, 2.45) is 18.2 Å². The fourth-order valence-corrected chi connectivity index (χ4v) is 4.08. The third-order valence-electron chi connectivity index (χ3n) is 5.97. The van der Waals surface area contributed by atoms with Gasteiger partial charge in [0.2, 0.25) is 11.8 Å². The zero-order chi connectivity index (χ0) is 19.9. The first kappa shape index (κ1) is 25.5. The molecule has 3 rings (SSSR count). The molecular weight excluding hydrogens is 413 g/mol. The Morgan fingerprint density at radius 3 is 2.55 bits per heavy atom. The van der Waals surface area contributed by atoms with Gasteiger partial charge in [0.1, 0.15) is 0 Å². The number of methoxy groups -OCH3 is 1. The topological polar surface area (TPSA) is 86.3 Å². The Labute approximate surface area is 185 Å². The van der Waals surface area contributed by atoms with Gasteiger partial charge in [-0.2, -0.15) is 0 Å². The molecule has 1 atom stereocenters. The van der Waals surface area contributed by atoms with Gasteiger partial charge in [-0.05, 0) is 43.2 Å². The molecule has 1 unspecified atom stereocenters. The van der Waals surface area contributed by atoms with Crippen LogP contribution in [0.25, 0.3) is 11.0 Å². The molecule has 2 aromatic rings. The lowest BCUT2D eigenvalue weighted by molar-refractivity contribution is -0.134. The number of hydrogen-bond acceptors (Lipinski definition) is 5. The summed E-state index contributed by atoms with van der Waals surface area (Å²) in [7, 11) is 3.48. The van der Waals surface area contributed by atoms with Gasteiger partial charge in [-0.25, -0.2) is 9.67 Å². The Morgan fingerprint density at radius 1 is 1.31 bits per heavy atom. The van der Waals surface area contributed by atoms with Gasteiger partial charge in [0.05, 0.1) is 12.5 Å². The van der Waals surface area contributed by atoms with Crippen molar-refractivity contribution in [2.45, 2.75) is 53.0 Å². The number of aromatic nitrogens is 3. The van der Waals surface area contributed by atoms with E-state index in [0.29, 0.717) is 18.7 Å². The molecule has 0 spiro atoms. The number of hydrogen-bond donors (Lipinski definition) is 1. The van der Waals surface area contributed by atoms with Gasteiger partial charge in [0.25, 0.3) is 0 Å². The van der Waals surface area contributed by atoms with Gasteiger partial charge in [0.15, 0.2) is 5.65 Å². The number of fused-ring (bicyclic) bond motifs is 1. The molecule has 29 heavy (non-hydrogen) atoms. The van der Waals surface area contributed by atoms with Crippen molar-refractivity contribution < 1.29 is 9.53 Å². The number of pyridine rings is 1. The Bertz CT molecular complexity index is 882. The van der Waals surface area contributed by atoms with Crippen LogP contribution in [0.4, 0.5) is 0 Å². The van der Waals surface area contributed by atoms with Crippen LogP contribution in [0.1, 0.15) is 43.5 Å². The minimum atomic E-state index is -0.0384. The summed E-state index contributed by atoms with van der Waals surface area (Å²) in [6, 6.07) is 0.149. The summed E-state index contributed by atoms with van der Waals surface area (Å²) in [5, 5.41) is 5.32. The van der Waals surface area contributed by atoms with E-state index < -0.39 is 0 Å². The summed E-state index contributed by atoms with van der Waals surface area (Å²) in [5.41, 5.74) is 10.1. The molecule has 3 heterocycles. The van der Waals surface area contributed by atoms with E-state index in [1.54, 1.807) is 11.8 Å². The van der Waals surface area contributed by atoms with E-state index in [-0.39, 0.29) is 42.2 Å². The molecule has 2 aromatic heterocycles. The van der Waals surface area contributed by atoms with Crippen LogP contribution in [0.15, 0.2) is 0 Å². The minimum absolute atomic E-state index is 0. The normalized spacial score (nSPS) is 18.2. The summed E-state index contributed by atoms with van der Waals surface area (Å²) < 4.78 is 7.16. The molecule has 2 N–H and O–H groups in total. The van der Waals surface area contributed by atoms with Crippen LogP contribution in [0.2, 0.25) is 0 Å². The highest BCUT2D eigenvalue weighted by molar-refractivity contribution is 5.86. The van der Waals surface area contributed by atoms with Crippen molar-refractivity contribution in [1.82, 2.24) is 19.7 Å². The molecule has 1 amide bonds. The van der Waals surface area contributed by atoms with E-state index in [2.05, 4.69) is 25.9 Å². The first-order chi connectivity index (χ1) is 12.7.